The molecule has 160 valence electrons. The molecule has 3 heteroatoms. The fourth-order valence-corrected chi connectivity index (χ4v) is 4.45. The number of hydrogen-bond acceptors (Lipinski definition) is 3. The summed E-state index contributed by atoms with van der Waals surface area (Å²) in [6.45, 7) is 11.6. The Labute approximate surface area is 182 Å². The average Bonchev–Trinajstić information content (AvgIpc) is 2.77. The van der Waals surface area contributed by atoms with Gasteiger partial charge in [-0.15, -0.1) is 0 Å². The molecule has 3 nitrogen and oxygen atoms in total. The van der Waals surface area contributed by atoms with Crippen LogP contribution in [0.3, 0.4) is 0 Å². The first kappa shape index (κ1) is 22.3. The van der Waals surface area contributed by atoms with Gasteiger partial charge in [-0.05, 0) is 74.4 Å². The predicted molar refractivity (Wildman–Crippen MR) is 129 cm³/mol. The van der Waals surface area contributed by atoms with Crippen LogP contribution in [0.2, 0.25) is 0 Å². The van der Waals surface area contributed by atoms with Gasteiger partial charge in [0.2, 0.25) is 0 Å². The monoisotopic (exact) mass is 403 g/mol. The maximum atomic E-state index is 5.82. The van der Waals surface area contributed by atoms with Gasteiger partial charge in [-0.3, -0.25) is 0 Å². The van der Waals surface area contributed by atoms with Crippen LogP contribution in [0.1, 0.15) is 47.9 Å². The summed E-state index contributed by atoms with van der Waals surface area (Å²) in [5.41, 5.74) is 15.5. The van der Waals surface area contributed by atoms with Crippen molar-refractivity contribution in [1.82, 2.24) is 10.2 Å². The lowest BCUT2D eigenvalue weighted by Crippen LogP contribution is -2.35. The van der Waals surface area contributed by atoms with Crippen molar-refractivity contribution in [2.45, 2.75) is 45.6 Å². The summed E-state index contributed by atoms with van der Waals surface area (Å²) >= 11 is 0. The van der Waals surface area contributed by atoms with E-state index < -0.39 is 0 Å². The molecule has 0 amide bonds. The number of likely N-dealkylation sites (tertiary alicyclic amines) is 1. The fourth-order valence-electron chi connectivity index (χ4n) is 4.45. The number of rotatable bonds is 8. The third kappa shape index (κ3) is 5.21. The zero-order valence-electron chi connectivity index (χ0n) is 18.9. The minimum Gasteiger partial charge on any atom is -0.375 e. The Hall–Kier alpha value is -2.36. The van der Waals surface area contributed by atoms with Crippen LogP contribution in [-0.4, -0.2) is 37.6 Å². The number of nitrogens with one attached hydrogen (secondary N) is 1. The minimum absolute atomic E-state index is 0.371. The lowest BCUT2D eigenvalue weighted by Gasteiger charge is -2.34. The van der Waals surface area contributed by atoms with Crippen LogP contribution in [0, 0.1) is 13.8 Å². The van der Waals surface area contributed by atoms with Gasteiger partial charge in [0.05, 0.1) is 0 Å². The molecule has 0 aromatic heterocycles. The van der Waals surface area contributed by atoms with Gasteiger partial charge in [0.25, 0.3) is 0 Å². The van der Waals surface area contributed by atoms with E-state index >= 15 is 0 Å². The molecule has 0 saturated carbocycles. The van der Waals surface area contributed by atoms with E-state index in [0.717, 1.165) is 38.8 Å². The molecule has 3 N–H and O–H groups in total. The summed E-state index contributed by atoms with van der Waals surface area (Å²) in [6.07, 6.45) is 4.22. The summed E-state index contributed by atoms with van der Waals surface area (Å²) in [4.78, 5) is 2.47. The van der Waals surface area contributed by atoms with Crippen molar-refractivity contribution in [3.63, 3.8) is 0 Å². The van der Waals surface area contributed by atoms with E-state index in [-0.39, 0.29) is 0 Å². The number of hydrogen-bond donors (Lipinski definition) is 2. The average molecular weight is 404 g/mol. The molecule has 0 radical (unpaired) electrons. The molecule has 3 rings (SSSR count). The van der Waals surface area contributed by atoms with E-state index in [1.807, 2.05) is 7.05 Å². The van der Waals surface area contributed by atoms with Crippen molar-refractivity contribution in [3.8, 4) is 0 Å². The van der Waals surface area contributed by atoms with E-state index in [9.17, 15) is 0 Å². The minimum atomic E-state index is 0.371. The Morgan fingerprint density at radius 2 is 1.53 bits per heavy atom. The standard InChI is InChI=1S/C27H37N3/c1-20-9-5-7-11-25(20)27(26-12-8-6-10-21(26)2)23-15-17-30(18-16-23)22(3)13-14-24(19-28)29-4/h5-12,24,29H,3,13-19,28H2,1-2,4H3. The first-order valence-corrected chi connectivity index (χ1v) is 11.2. The number of benzene rings is 2. The van der Waals surface area contributed by atoms with Crippen LogP contribution in [0.25, 0.3) is 5.57 Å². The largest absolute Gasteiger partial charge is 0.375 e. The maximum Gasteiger partial charge on any atom is 0.0212 e. The number of nitrogens with zero attached hydrogens (tertiary/aromatic N) is 1. The summed E-state index contributed by atoms with van der Waals surface area (Å²) < 4.78 is 0. The van der Waals surface area contributed by atoms with Crippen LogP contribution < -0.4 is 11.1 Å². The lowest BCUT2D eigenvalue weighted by molar-refractivity contribution is 0.307. The zero-order valence-corrected chi connectivity index (χ0v) is 18.9. The molecule has 1 aliphatic rings. The van der Waals surface area contributed by atoms with Crippen molar-refractivity contribution < 1.29 is 0 Å². The smallest absolute Gasteiger partial charge is 0.0212 e. The van der Waals surface area contributed by atoms with Crippen LogP contribution in [0.5, 0.6) is 0 Å². The molecule has 1 unspecified atom stereocenters. The Balaban J connectivity index is 1.82. The first-order chi connectivity index (χ1) is 14.5. The lowest BCUT2D eigenvalue weighted by atomic mass is 9.85. The Morgan fingerprint density at radius 1 is 1.00 bits per heavy atom. The molecule has 2 aromatic rings. The van der Waals surface area contributed by atoms with Crippen LogP contribution in [0.4, 0.5) is 0 Å². The van der Waals surface area contributed by atoms with Crippen molar-refractivity contribution in [2.24, 2.45) is 5.73 Å². The normalized spacial score (nSPS) is 15.2. The number of aryl methyl sites for hydroxylation is 2. The molecule has 1 saturated heterocycles. The molecule has 30 heavy (non-hydrogen) atoms. The van der Waals surface area contributed by atoms with Crippen molar-refractivity contribution in [2.75, 3.05) is 26.7 Å². The van der Waals surface area contributed by atoms with Crippen molar-refractivity contribution >= 4 is 5.57 Å². The summed E-state index contributed by atoms with van der Waals surface area (Å²) in [6, 6.07) is 18.0. The Bertz CT molecular complexity index is 835. The number of nitrogens with two attached hydrogens (primary N) is 1. The predicted octanol–water partition coefficient (Wildman–Crippen LogP) is 5.04. The second-order valence-electron chi connectivity index (χ2n) is 8.42. The summed E-state index contributed by atoms with van der Waals surface area (Å²) in [5.74, 6) is 0. The number of allylic oxidation sites excluding steroid dienone is 1. The van der Waals surface area contributed by atoms with Crippen LogP contribution in [-0.2, 0) is 0 Å². The molecule has 1 fully saturated rings. The molecule has 0 spiro atoms. The maximum absolute atomic E-state index is 5.82. The first-order valence-electron chi connectivity index (χ1n) is 11.2. The third-order valence-corrected chi connectivity index (χ3v) is 6.47. The molecule has 1 aliphatic heterocycles. The van der Waals surface area contributed by atoms with Gasteiger partial charge in [0, 0.05) is 31.4 Å². The SMILES string of the molecule is C=C(CCC(CN)NC)N1CCC(=C(c2ccccc2C)c2ccccc2C)CC1. The molecule has 0 aliphatic carbocycles. The Morgan fingerprint density at radius 3 is 2.00 bits per heavy atom. The van der Waals surface area contributed by atoms with Gasteiger partial charge in [-0.1, -0.05) is 60.7 Å². The highest BCUT2D eigenvalue weighted by atomic mass is 15.1. The van der Waals surface area contributed by atoms with Gasteiger partial charge in [0.15, 0.2) is 0 Å². The quantitative estimate of drug-likeness (QED) is 0.649. The highest BCUT2D eigenvalue weighted by Crippen LogP contribution is 2.36. The second kappa shape index (κ2) is 10.6. The van der Waals surface area contributed by atoms with Crippen molar-refractivity contribution in [1.29, 1.82) is 0 Å². The van der Waals surface area contributed by atoms with E-state index in [1.54, 1.807) is 5.57 Å². The third-order valence-electron chi connectivity index (χ3n) is 6.47. The number of likely N-dealkylation sites (N-methyl/N-ethyl adjacent to an activating group) is 1. The Kier molecular flexibility index (Phi) is 7.89. The molecule has 0 bridgehead atoms. The van der Waals surface area contributed by atoms with Crippen LogP contribution >= 0.6 is 0 Å². The zero-order chi connectivity index (χ0) is 21.5. The molecular formula is C27H37N3. The van der Waals surface area contributed by atoms with E-state index in [1.165, 1.54) is 33.5 Å². The topological polar surface area (TPSA) is 41.3 Å². The molecule has 1 atom stereocenters. The van der Waals surface area contributed by atoms with Gasteiger partial charge in [0.1, 0.15) is 0 Å². The second-order valence-corrected chi connectivity index (χ2v) is 8.42. The molecule has 2 aromatic carbocycles. The van der Waals surface area contributed by atoms with E-state index in [4.69, 9.17) is 5.73 Å². The molecular weight excluding hydrogens is 366 g/mol. The highest BCUT2D eigenvalue weighted by molar-refractivity contribution is 5.85. The van der Waals surface area contributed by atoms with Crippen LogP contribution in [0.15, 0.2) is 66.4 Å². The van der Waals surface area contributed by atoms with Gasteiger partial charge < -0.3 is 16.0 Å². The summed E-state index contributed by atoms with van der Waals surface area (Å²) in [5, 5.41) is 3.29. The molecule has 1 heterocycles. The number of piperidine rings is 1. The van der Waals surface area contributed by atoms with Gasteiger partial charge >= 0.3 is 0 Å². The summed E-state index contributed by atoms with van der Waals surface area (Å²) in [7, 11) is 1.98. The van der Waals surface area contributed by atoms with Crippen molar-refractivity contribution in [3.05, 3.63) is 88.6 Å². The highest BCUT2D eigenvalue weighted by Gasteiger charge is 2.21. The van der Waals surface area contributed by atoms with Gasteiger partial charge in [-0.2, -0.15) is 0 Å². The van der Waals surface area contributed by atoms with E-state index in [2.05, 4.69) is 79.2 Å². The van der Waals surface area contributed by atoms with E-state index in [0.29, 0.717) is 12.6 Å². The van der Waals surface area contributed by atoms with Gasteiger partial charge in [-0.25, -0.2) is 0 Å². The fraction of sp³-hybridized carbons (Fsp3) is 0.407.